The number of rotatable bonds is 10. The Hall–Kier alpha value is -0.130. The van der Waals surface area contributed by atoms with Crippen molar-refractivity contribution in [2.75, 3.05) is 25.2 Å². The standard InChI is InChI=1S/C13H29NO3S/c1-6-14-12(11-13(3,4)17-5)9-8-10-18(15,16)7-2/h12,14H,6-11H2,1-5H3. The first-order chi connectivity index (χ1) is 8.26. The number of methoxy groups -OCH3 is 1. The van der Waals surface area contributed by atoms with E-state index in [-0.39, 0.29) is 11.4 Å². The fourth-order valence-corrected chi connectivity index (χ4v) is 2.83. The summed E-state index contributed by atoms with van der Waals surface area (Å²) in [5, 5.41) is 3.40. The lowest BCUT2D eigenvalue weighted by atomic mass is 9.96. The average molecular weight is 279 g/mol. The van der Waals surface area contributed by atoms with Gasteiger partial charge in [0, 0.05) is 18.9 Å². The summed E-state index contributed by atoms with van der Waals surface area (Å²) in [7, 11) is -1.13. The van der Waals surface area contributed by atoms with Crippen molar-refractivity contribution in [1.29, 1.82) is 0 Å². The van der Waals surface area contributed by atoms with Crippen LogP contribution in [-0.2, 0) is 14.6 Å². The van der Waals surface area contributed by atoms with Crippen LogP contribution in [0.25, 0.3) is 0 Å². The van der Waals surface area contributed by atoms with Crippen LogP contribution in [0.15, 0.2) is 0 Å². The lowest BCUT2D eigenvalue weighted by molar-refractivity contribution is 0.00650. The number of nitrogens with one attached hydrogen (secondary N) is 1. The van der Waals surface area contributed by atoms with Crippen LogP contribution in [0.4, 0.5) is 0 Å². The Morgan fingerprint density at radius 2 is 1.89 bits per heavy atom. The molecule has 0 saturated heterocycles. The summed E-state index contributed by atoms with van der Waals surface area (Å²) in [4.78, 5) is 0. The second-order valence-corrected chi connectivity index (χ2v) is 7.77. The maximum Gasteiger partial charge on any atom is 0.150 e. The molecule has 0 aromatic heterocycles. The third-order valence-electron chi connectivity index (χ3n) is 3.23. The molecule has 0 aliphatic rings. The molecule has 1 atom stereocenters. The predicted molar refractivity (Wildman–Crippen MR) is 76.7 cm³/mol. The summed E-state index contributed by atoms with van der Waals surface area (Å²) in [6.07, 6.45) is 2.48. The zero-order valence-corrected chi connectivity index (χ0v) is 13.3. The number of hydrogen-bond donors (Lipinski definition) is 1. The molecular formula is C13H29NO3S. The molecule has 4 nitrogen and oxygen atoms in total. The fourth-order valence-electron chi connectivity index (χ4n) is 1.94. The van der Waals surface area contributed by atoms with Crippen LogP contribution in [0.1, 0.15) is 47.0 Å². The Kier molecular flexibility index (Phi) is 8.06. The van der Waals surface area contributed by atoms with Crippen molar-refractivity contribution in [2.45, 2.75) is 58.6 Å². The molecule has 5 heteroatoms. The summed E-state index contributed by atoms with van der Waals surface area (Å²) in [5.41, 5.74) is -0.170. The molecule has 18 heavy (non-hydrogen) atoms. The first-order valence-corrected chi connectivity index (χ1v) is 8.57. The lowest BCUT2D eigenvalue weighted by Crippen LogP contribution is -2.37. The van der Waals surface area contributed by atoms with Crippen molar-refractivity contribution >= 4 is 9.84 Å². The van der Waals surface area contributed by atoms with Gasteiger partial charge in [-0.2, -0.15) is 0 Å². The highest BCUT2D eigenvalue weighted by Crippen LogP contribution is 2.18. The maximum absolute atomic E-state index is 11.4. The van der Waals surface area contributed by atoms with Gasteiger partial charge in [0.1, 0.15) is 9.84 Å². The van der Waals surface area contributed by atoms with Crippen LogP contribution >= 0.6 is 0 Å². The first-order valence-electron chi connectivity index (χ1n) is 6.75. The highest BCUT2D eigenvalue weighted by atomic mass is 32.2. The zero-order chi connectivity index (χ0) is 14.2. The summed E-state index contributed by atoms with van der Waals surface area (Å²) < 4.78 is 28.3. The summed E-state index contributed by atoms with van der Waals surface area (Å²) in [5.74, 6) is 0.529. The van der Waals surface area contributed by atoms with Crippen LogP contribution < -0.4 is 5.32 Å². The summed E-state index contributed by atoms with van der Waals surface area (Å²) in [6, 6.07) is 0.317. The third kappa shape index (κ3) is 8.06. The SMILES string of the molecule is CCNC(CCCS(=O)(=O)CC)CC(C)(C)OC. The maximum atomic E-state index is 11.4. The third-order valence-corrected chi connectivity index (χ3v) is 5.02. The highest BCUT2D eigenvalue weighted by Gasteiger charge is 2.22. The van der Waals surface area contributed by atoms with Gasteiger partial charge >= 0.3 is 0 Å². The van der Waals surface area contributed by atoms with E-state index in [1.165, 1.54) is 0 Å². The molecule has 0 bridgehead atoms. The Bertz CT molecular complexity index is 312. The van der Waals surface area contributed by atoms with Gasteiger partial charge in [-0.3, -0.25) is 0 Å². The van der Waals surface area contributed by atoms with E-state index < -0.39 is 9.84 Å². The minimum atomic E-state index is -2.84. The van der Waals surface area contributed by atoms with E-state index in [0.29, 0.717) is 18.2 Å². The van der Waals surface area contributed by atoms with Gasteiger partial charge in [-0.05, 0) is 39.7 Å². The van der Waals surface area contributed by atoms with E-state index >= 15 is 0 Å². The molecule has 0 aromatic carbocycles. The van der Waals surface area contributed by atoms with Gasteiger partial charge < -0.3 is 10.1 Å². The van der Waals surface area contributed by atoms with Gasteiger partial charge in [0.25, 0.3) is 0 Å². The van der Waals surface area contributed by atoms with Crippen molar-refractivity contribution in [3.05, 3.63) is 0 Å². The highest BCUT2D eigenvalue weighted by molar-refractivity contribution is 7.91. The van der Waals surface area contributed by atoms with Crippen LogP contribution in [0.5, 0.6) is 0 Å². The zero-order valence-electron chi connectivity index (χ0n) is 12.5. The molecule has 0 aromatic rings. The Morgan fingerprint density at radius 1 is 1.28 bits per heavy atom. The van der Waals surface area contributed by atoms with E-state index in [9.17, 15) is 8.42 Å². The van der Waals surface area contributed by atoms with Crippen molar-refractivity contribution in [1.82, 2.24) is 5.32 Å². The molecule has 0 aliphatic carbocycles. The molecule has 0 heterocycles. The molecule has 0 saturated carbocycles. The minimum Gasteiger partial charge on any atom is -0.379 e. The Balaban J connectivity index is 4.21. The molecule has 0 radical (unpaired) electrons. The van der Waals surface area contributed by atoms with Crippen LogP contribution in [-0.4, -0.2) is 45.2 Å². The predicted octanol–water partition coefficient (Wildman–Crippen LogP) is 1.99. The number of hydrogen-bond acceptors (Lipinski definition) is 4. The van der Waals surface area contributed by atoms with Crippen molar-refractivity contribution < 1.29 is 13.2 Å². The average Bonchev–Trinajstić information content (AvgIpc) is 2.28. The van der Waals surface area contributed by atoms with E-state index in [4.69, 9.17) is 4.74 Å². The number of sulfone groups is 1. The topological polar surface area (TPSA) is 55.4 Å². The molecule has 0 amide bonds. The van der Waals surface area contributed by atoms with Crippen LogP contribution in [0.2, 0.25) is 0 Å². The van der Waals surface area contributed by atoms with Crippen molar-refractivity contribution in [2.24, 2.45) is 0 Å². The van der Waals surface area contributed by atoms with Gasteiger partial charge in [-0.25, -0.2) is 8.42 Å². The monoisotopic (exact) mass is 279 g/mol. The second kappa shape index (κ2) is 8.12. The fraction of sp³-hybridized carbons (Fsp3) is 1.00. The molecule has 0 aliphatic heterocycles. The van der Waals surface area contributed by atoms with Gasteiger partial charge in [-0.15, -0.1) is 0 Å². The quantitative estimate of drug-likeness (QED) is 0.664. The number of ether oxygens (including phenoxy) is 1. The van der Waals surface area contributed by atoms with Crippen molar-refractivity contribution in [3.8, 4) is 0 Å². The molecule has 1 N–H and O–H groups in total. The van der Waals surface area contributed by atoms with Crippen LogP contribution in [0, 0.1) is 0 Å². The van der Waals surface area contributed by atoms with Gasteiger partial charge in [0.15, 0.2) is 0 Å². The van der Waals surface area contributed by atoms with Crippen LogP contribution in [0.3, 0.4) is 0 Å². The Morgan fingerprint density at radius 3 is 2.33 bits per heavy atom. The normalized spacial score (nSPS) is 14.7. The van der Waals surface area contributed by atoms with E-state index in [0.717, 1.165) is 19.4 Å². The van der Waals surface area contributed by atoms with Crippen molar-refractivity contribution in [3.63, 3.8) is 0 Å². The molecule has 1 unspecified atom stereocenters. The molecule has 0 fully saturated rings. The van der Waals surface area contributed by atoms with Gasteiger partial charge in [0.05, 0.1) is 11.4 Å². The van der Waals surface area contributed by atoms with Gasteiger partial charge in [-0.1, -0.05) is 13.8 Å². The first kappa shape index (κ1) is 17.9. The minimum absolute atomic E-state index is 0.170. The largest absolute Gasteiger partial charge is 0.379 e. The lowest BCUT2D eigenvalue weighted by Gasteiger charge is -2.29. The summed E-state index contributed by atoms with van der Waals surface area (Å²) in [6.45, 7) is 8.77. The molecule has 0 rings (SSSR count). The molecular weight excluding hydrogens is 250 g/mol. The Labute approximate surface area is 112 Å². The summed E-state index contributed by atoms with van der Waals surface area (Å²) >= 11 is 0. The van der Waals surface area contributed by atoms with Gasteiger partial charge in [0.2, 0.25) is 0 Å². The van der Waals surface area contributed by atoms with E-state index in [1.807, 2.05) is 0 Å². The second-order valence-electron chi connectivity index (χ2n) is 5.30. The smallest absolute Gasteiger partial charge is 0.150 e. The molecule has 0 spiro atoms. The molecule has 110 valence electrons. The van der Waals surface area contributed by atoms with E-state index in [1.54, 1.807) is 14.0 Å². The van der Waals surface area contributed by atoms with E-state index in [2.05, 4.69) is 26.1 Å².